The van der Waals surface area contributed by atoms with Gasteiger partial charge in [-0.25, -0.2) is 9.59 Å². The number of hydrogen-bond donors (Lipinski definition) is 4. The summed E-state index contributed by atoms with van der Waals surface area (Å²) in [5, 5.41) is 11.4. The number of hydrogen-bond acceptors (Lipinski definition) is 8. The zero-order valence-electron chi connectivity index (χ0n) is 21.9. The summed E-state index contributed by atoms with van der Waals surface area (Å²) in [6.45, 7) is 6.72. The van der Waals surface area contributed by atoms with E-state index in [0.29, 0.717) is 62.6 Å². The van der Waals surface area contributed by atoms with Crippen molar-refractivity contribution >= 4 is 23.4 Å². The maximum Gasteiger partial charge on any atom is 0.320 e. The van der Waals surface area contributed by atoms with E-state index < -0.39 is 0 Å². The summed E-state index contributed by atoms with van der Waals surface area (Å²) >= 11 is 0. The van der Waals surface area contributed by atoms with Crippen LogP contribution in [0.25, 0.3) is 11.1 Å². The maximum atomic E-state index is 12.4. The van der Waals surface area contributed by atoms with Gasteiger partial charge in [0.15, 0.2) is 0 Å². The van der Waals surface area contributed by atoms with Gasteiger partial charge >= 0.3 is 12.1 Å². The van der Waals surface area contributed by atoms with Crippen molar-refractivity contribution in [3.63, 3.8) is 0 Å². The number of anilines is 2. The number of amides is 4. The van der Waals surface area contributed by atoms with Crippen LogP contribution in [0.2, 0.25) is 0 Å². The van der Waals surface area contributed by atoms with Crippen LogP contribution in [0.5, 0.6) is 11.5 Å². The van der Waals surface area contributed by atoms with E-state index in [0.717, 1.165) is 37.3 Å². The number of benzene rings is 2. The molecule has 2 aromatic carbocycles. The van der Waals surface area contributed by atoms with Crippen molar-refractivity contribution in [3.8, 4) is 22.6 Å². The smallest absolute Gasteiger partial charge is 0.320 e. The molecule has 2 heterocycles. The fourth-order valence-electron chi connectivity index (χ4n) is 4.17. The lowest BCUT2D eigenvalue weighted by Gasteiger charge is -2.26. The van der Waals surface area contributed by atoms with Crippen molar-refractivity contribution < 1.29 is 28.5 Å². The molecule has 0 saturated carbocycles. The van der Waals surface area contributed by atoms with E-state index in [-0.39, 0.29) is 12.1 Å². The Bertz CT molecular complexity index is 1000. The Morgan fingerprint density at radius 1 is 0.711 bits per heavy atom. The van der Waals surface area contributed by atoms with Crippen LogP contribution in [0.3, 0.4) is 0 Å². The van der Waals surface area contributed by atoms with Gasteiger partial charge in [0, 0.05) is 26.2 Å². The molecule has 12 heteroatoms. The third-order valence-electron chi connectivity index (χ3n) is 6.37. The Kier molecular flexibility index (Phi) is 9.98. The third-order valence-corrected chi connectivity index (χ3v) is 6.37. The zero-order chi connectivity index (χ0) is 26.7. The maximum absolute atomic E-state index is 12.4. The molecule has 2 aliphatic rings. The van der Waals surface area contributed by atoms with Gasteiger partial charge < -0.3 is 40.2 Å². The second-order valence-corrected chi connectivity index (χ2v) is 8.87. The van der Waals surface area contributed by atoms with Gasteiger partial charge in [0.05, 0.1) is 65.4 Å². The van der Waals surface area contributed by atoms with E-state index in [9.17, 15) is 9.59 Å². The summed E-state index contributed by atoms with van der Waals surface area (Å²) in [5.41, 5.74) is 2.83. The summed E-state index contributed by atoms with van der Waals surface area (Å²) in [6, 6.07) is 10.4. The Balaban J connectivity index is 1.36. The normalized spacial score (nSPS) is 16.4. The molecule has 2 aromatic rings. The van der Waals surface area contributed by atoms with E-state index in [1.807, 2.05) is 24.3 Å². The molecule has 4 amide bonds. The fourth-order valence-corrected chi connectivity index (χ4v) is 4.17. The van der Waals surface area contributed by atoms with Gasteiger partial charge in [-0.3, -0.25) is 9.80 Å². The van der Waals surface area contributed by atoms with Crippen molar-refractivity contribution in [2.24, 2.45) is 0 Å². The SMILES string of the molecule is COc1cc(-c2ccc(NC(=O)NCN3CCOCC3)c(OC)c2)ccc1NC(=O)NCN1CCOCC1. The molecule has 12 nitrogen and oxygen atoms in total. The molecule has 4 rings (SSSR count). The number of morpholine rings is 2. The monoisotopic (exact) mass is 528 g/mol. The number of carbonyl (C=O) groups excluding carboxylic acids is 2. The summed E-state index contributed by atoms with van der Waals surface area (Å²) in [6.07, 6.45) is 0. The van der Waals surface area contributed by atoms with Gasteiger partial charge in [0.25, 0.3) is 0 Å². The number of rotatable bonds is 9. The number of nitrogens with one attached hydrogen (secondary N) is 4. The molecular formula is C26H36N6O6. The van der Waals surface area contributed by atoms with Crippen molar-refractivity contribution in [3.05, 3.63) is 36.4 Å². The van der Waals surface area contributed by atoms with Crippen LogP contribution in [-0.4, -0.2) is 102 Å². The highest BCUT2D eigenvalue weighted by atomic mass is 16.5. The molecule has 206 valence electrons. The predicted molar refractivity (Wildman–Crippen MR) is 144 cm³/mol. The Hall–Kier alpha value is -3.58. The second kappa shape index (κ2) is 13.8. The van der Waals surface area contributed by atoms with Crippen LogP contribution >= 0.6 is 0 Å². The van der Waals surface area contributed by atoms with Gasteiger partial charge in [0.1, 0.15) is 11.5 Å². The Morgan fingerprint density at radius 3 is 1.47 bits per heavy atom. The number of methoxy groups -OCH3 is 2. The van der Waals surface area contributed by atoms with Crippen molar-refractivity contribution in [1.82, 2.24) is 20.4 Å². The highest BCUT2D eigenvalue weighted by molar-refractivity contribution is 5.93. The van der Waals surface area contributed by atoms with Gasteiger partial charge in [-0.1, -0.05) is 12.1 Å². The largest absolute Gasteiger partial charge is 0.495 e. The number of nitrogens with zero attached hydrogens (tertiary/aromatic N) is 2. The van der Waals surface area contributed by atoms with Crippen molar-refractivity contribution in [1.29, 1.82) is 0 Å². The Morgan fingerprint density at radius 2 is 1.11 bits per heavy atom. The molecule has 38 heavy (non-hydrogen) atoms. The average Bonchev–Trinajstić information content (AvgIpc) is 2.96. The quantitative estimate of drug-likeness (QED) is 0.390. The van der Waals surface area contributed by atoms with Gasteiger partial charge in [-0.15, -0.1) is 0 Å². The molecule has 2 fully saturated rings. The predicted octanol–water partition coefficient (Wildman–Crippen LogP) is 2.19. The molecule has 0 unspecified atom stereocenters. The lowest BCUT2D eigenvalue weighted by Crippen LogP contribution is -2.44. The molecule has 0 radical (unpaired) electrons. The average molecular weight is 529 g/mol. The molecule has 0 spiro atoms. The summed E-state index contributed by atoms with van der Waals surface area (Å²) in [7, 11) is 3.11. The molecule has 2 aliphatic heterocycles. The first-order valence-corrected chi connectivity index (χ1v) is 12.6. The van der Waals surface area contributed by atoms with Crippen LogP contribution in [0.4, 0.5) is 21.0 Å². The molecule has 0 aliphatic carbocycles. The first-order chi connectivity index (χ1) is 18.6. The van der Waals surface area contributed by atoms with Crippen LogP contribution in [0, 0.1) is 0 Å². The lowest BCUT2D eigenvalue weighted by atomic mass is 10.0. The van der Waals surface area contributed by atoms with Gasteiger partial charge in [0.2, 0.25) is 0 Å². The van der Waals surface area contributed by atoms with E-state index in [1.165, 1.54) is 0 Å². The first-order valence-electron chi connectivity index (χ1n) is 12.6. The van der Waals surface area contributed by atoms with Crippen molar-refractivity contribution in [2.75, 3.05) is 90.8 Å². The fraction of sp³-hybridized carbons (Fsp3) is 0.462. The van der Waals surface area contributed by atoms with E-state index >= 15 is 0 Å². The van der Waals surface area contributed by atoms with Crippen LogP contribution in [0.15, 0.2) is 36.4 Å². The van der Waals surface area contributed by atoms with Crippen LogP contribution < -0.4 is 30.7 Å². The summed E-state index contributed by atoms with van der Waals surface area (Å²) < 4.78 is 21.7. The molecular weight excluding hydrogens is 492 g/mol. The minimum absolute atomic E-state index is 0.313. The minimum atomic E-state index is -0.313. The highest BCUT2D eigenvalue weighted by Crippen LogP contribution is 2.35. The topological polar surface area (TPSA) is 126 Å². The van der Waals surface area contributed by atoms with E-state index in [2.05, 4.69) is 31.1 Å². The standard InChI is InChI=1S/C26H36N6O6/c1-35-23-15-19(3-5-21(23)29-25(33)27-17-31-7-11-37-12-8-31)20-4-6-22(24(16-20)36-2)30-26(34)28-18-32-9-13-38-14-10-32/h3-6,15-16H,7-14,17-18H2,1-2H3,(H2,27,29,33)(H2,28,30,34). The minimum Gasteiger partial charge on any atom is -0.495 e. The second-order valence-electron chi connectivity index (χ2n) is 8.87. The molecule has 4 N–H and O–H groups in total. The van der Waals surface area contributed by atoms with E-state index in [1.54, 1.807) is 26.4 Å². The number of urea groups is 2. The van der Waals surface area contributed by atoms with Crippen LogP contribution in [0.1, 0.15) is 0 Å². The molecule has 2 saturated heterocycles. The summed E-state index contributed by atoms with van der Waals surface area (Å²) in [4.78, 5) is 29.1. The van der Waals surface area contributed by atoms with E-state index in [4.69, 9.17) is 18.9 Å². The third kappa shape index (κ3) is 7.71. The molecule has 0 bridgehead atoms. The van der Waals surface area contributed by atoms with Crippen LogP contribution in [-0.2, 0) is 9.47 Å². The number of ether oxygens (including phenoxy) is 4. The van der Waals surface area contributed by atoms with Gasteiger partial charge in [-0.05, 0) is 35.4 Å². The first kappa shape index (κ1) is 27.5. The highest BCUT2D eigenvalue weighted by Gasteiger charge is 2.15. The summed E-state index contributed by atoms with van der Waals surface area (Å²) in [5.74, 6) is 1.04. The molecule has 0 atom stereocenters. The number of carbonyl (C=O) groups is 2. The van der Waals surface area contributed by atoms with Crippen molar-refractivity contribution in [2.45, 2.75) is 0 Å². The zero-order valence-corrected chi connectivity index (χ0v) is 21.9. The Labute approximate surface area is 222 Å². The molecule has 0 aromatic heterocycles. The van der Waals surface area contributed by atoms with Gasteiger partial charge in [-0.2, -0.15) is 0 Å². The lowest BCUT2D eigenvalue weighted by molar-refractivity contribution is 0.0358.